The minimum absolute atomic E-state index is 0.0479. The quantitative estimate of drug-likeness (QED) is 0.684. The van der Waals surface area contributed by atoms with Gasteiger partial charge >= 0.3 is 0 Å². The van der Waals surface area contributed by atoms with Crippen molar-refractivity contribution in [2.75, 3.05) is 30.4 Å². The third-order valence-electron chi connectivity index (χ3n) is 5.50. The van der Waals surface area contributed by atoms with E-state index in [0.29, 0.717) is 29.6 Å². The average Bonchev–Trinajstić information content (AvgIpc) is 2.81. The predicted octanol–water partition coefficient (Wildman–Crippen LogP) is 2.71. The van der Waals surface area contributed by atoms with E-state index in [4.69, 9.17) is 9.72 Å². The summed E-state index contributed by atoms with van der Waals surface area (Å²) in [5, 5.41) is 2.98. The Bertz CT molecular complexity index is 1130. The van der Waals surface area contributed by atoms with Crippen LogP contribution in [0.4, 0.5) is 11.6 Å². The zero-order valence-corrected chi connectivity index (χ0v) is 17.6. The highest BCUT2D eigenvalue weighted by Crippen LogP contribution is 2.25. The maximum atomic E-state index is 12.9. The largest absolute Gasteiger partial charge is 0.497 e. The van der Waals surface area contributed by atoms with E-state index < -0.39 is 0 Å². The first-order chi connectivity index (χ1) is 15.0. The molecule has 2 aromatic heterocycles. The smallest absolute Gasteiger partial charge is 0.255 e. The van der Waals surface area contributed by atoms with Crippen molar-refractivity contribution in [2.24, 2.45) is 13.0 Å². The van der Waals surface area contributed by atoms with Crippen LogP contribution in [0.15, 0.2) is 59.7 Å². The summed E-state index contributed by atoms with van der Waals surface area (Å²) in [5.41, 5.74) is 1.99. The van der Waals surface area contributed by atoms with Gasteiger partial charge in [0.1, 0.15) is 5.75 Å². The fourth-order valence-electron chi connectivity index (χ4n) is 3.80. The first-order valence-corrected chi connectivity index (χ1v) is 10.2. The lowest BCUT2D eigenvalue weighted by Gasteiger charge is -2.33. The minimum Gasteiger partial charge on any atom is -0.497 e. The van der Waals surface area contributed by atoms with Gasteiger partial charge in [-0.2, -0.15) is 0 Å². The van der Waals surface area contributed by atoms with Crippen molar-refractivity contribution in [3.8, 4) is 17.0 Å². The molecule has 1 atom stereocenters. The Morgan fingerprint density at radius 1 is 1.19 bits per heavy atom. The van der Waals surface area contributed by atoms with Gasteiger partial charge in [-0.15, -0.1) is 0 Å². The Morgan fingerprint density at radius 2 is 2.00 bits per heavy atom. The number of carbonyl (C=O) groups is 1. The second-order valence-electron chi connectivity index (χ2n) is 7.58. The normalized spacial score (nSPS) is 16.1. The van der Waals surface area contributed by atoms with Gasteiger partial charge in [-0.1, -0.05) is 6.07 Å². The highest BCUT2D eigenvalue weighted by atomic mass is 16.5. The van der Waals surface area contributed by atoms with Crippen LogP contribution in [0.1, 0.15) is 12.8 Å². The third kappa shape index (κ3) is 4.58. The lowest BCUT2D eigenvalue weighted by atomic mass is 9.97. The Balaban J connectivity index is 1.55. The van der Waals surface area contributed by atoms with Crippen LogP contribution >= 0.6 is 0 Å². The molecule has 1 saturated heterocycles. The van der Waals surface area contributed by atoms with Gasteiger partial charge in [-0.25, -0.2) is 4.98 Å². The van der Waals surface area contributed by atoms with Crippen molar-refractivity contribution in [3.05, 3.63) is 65.2 Å². The SMILES string of the molecule is COc1cccc(NC(=O)C2CCCN(c3nc(-c4ccncc4)cc(=O)n3C)C2)c1. The molecular weight excluding hydrogens is 394 g/mol. The fraction of sp³-hybridized carbons (Fsp3) is 0.304. The summed E-state index contributed by atoms with van der Waals surface area (Å²) in [6.45, 7) is 1.24. The molecule has 8 nitrogen and oxygen atoms in total. The highest BCUT2D eigenvalue weighted by molar-refractivity contribution is 5.93. The summed E-state index contributed by atoms with van der Waals surface area (Å²) in [6, 6.07) is 12.5. The number of piperidine rings is 1. The molecule has 3 aromatic rings. The number of pyridine rings is 1. The molecule has 4 rings (SSSR count). The summed E-state index contributed by atoms with van der Waals surface area (Å²) in [4.78, 5) is 36.3. The van der Waals surface area contributed by atoms with Gasteiger partial charge < -0.3 is 15.0 Å². The zero-order chi connectivity index (χ0) is 21.8. The van der Waals surface area contributed by atoms with E-state index in [9.17, 15) is 9.59 Å². The van der Waals surface area contributed by atoms with Gasteiger partial charge in [0.05, 0.1) is 18.7 Å². The van der Waals surface area contributed by atoms with E-state index >= 15 is 0 Å². The van der Waals surface area contributed by atoms with Gasteiger partial charge in [0.15, 0.2) is 0 Å². The second-order valence-corrected chi connectivity index (χ2v) is 7.58. The number of rotatable bonds is 5. The highest BCUT2D eigenvalue weighted by Gasteiger charge is 2.28. The number of nitrogens with zero attached hydrogens (tertiary/aromatic N) is 4. The number of anilines is 2. The molecule has 31 heavy (non-hydrogen) atoms. The standard InChI is InChI=1S/C23H25N5O3/c1-27-21(29)14-20(16-8-10-24-11-9-16)26-23(27)28-12-4-5-17(15-28)22(30)25-18-6-3-7-19(13-18)31-2/h3,6-11,13-14,17H,4-5,12,15H2,1-2H3,(H,25,30). The molecule has 0 aliphatic carbocycles. The third-order valence-corrected chi connectivity index (χ3v) is 5.50. The first kappa shape index (κ1) is 20.6. The molecule has 0 radical (unpaired) electrons. The van der Waals surface area contributed by atoms with Crippen molar-refractivity contribution < 1.29 is 9.53 Å². The predicted molar refractivity (Wildman–Crippen MR) is 119 cm³/mol. The van der Waals surface area contributed by atoms with Crippen LogP contribution in [0.3, 0.4) is 0 Å². The molecule has 1 fully saturated rings. The van der Waals surface area contributed by atoms with Gasteiger partial charge in [0.2, 0.25) is 11.9 Å². The van der Waals surface area contributed by atoms with E-state index in [0.717, 1.165) is 24.9 Å². The van der Waals surface area contributed by atoms with Crippen molar-refractivity contribution in [1.29, 1.82) is 0 Å². The Hall–Kier alpha value is -3.68. The van der Waals surface area contributed by atoms with E-state index in [1.807, 2.05) is 35.2 Å². The lowest BCUT2D eigenvalue weighted by Crippen LogP contribution is -2.43. The number of benzene rings is 1. The number of hydrogen-bond donors (Lipinski definition) is 1. The van der Waals surface area contributed by atoms with Gasteiger partial charge in [0, 0.05) is 55.9 Å². The monoisotopic (exact) mass is 419 g/mol. The number of amides is 1. The van der Waals surface area contributed by atoms with E-state index in [2.05, 4.69) is 10.3 Å². The van der Waals surface area contributed by atoms with Crippen LogP contribution < -0.4 is 20.5 Å². The molecule has 0 bridgehead atoms. The molecule has 3 heterocycles. The number of carbonyl (C=O) groups excluding carboxylic acids is 1. The molecule has 0 saturated carbocycles. The van der Waals surface area contributed by atoms with E-state index in [1.54, 1.807) is 32.6 Å². The molecule has 1 aliphatic heterocycles. The summed E-state index contributed by atoms with van der Waals surface area (Å²) < 4.78 is 6.76. The van der Waals surface area contributed by atoms with Crippen LogP contribution in [0.2, 0.25) is 0 Å². The Labute approximate surface area is 180 Å². The summed E-state index contributed by atoms with van der Waals surface area (Å²) in [6.07, 6.45) is 4.97. The Morgan fingerprint density at radius 3 is 2.77 bits per heavy atom. The van der Waals surface area contributed by atoms with Gasteiger partial charge in [-0.05, 0) is 37.1 Å². The molecule has 8 heteroatoms. The summed E-state index contributed by atoms with van der Waals surface area (Å²) >= 11 is 0. The minimum atomic E-state index is -0.207. The van der Waals surface area contributed by atoms with Crippen LogP contribution in [-0.2, 0) is 11.8 Å². The lowest BCUT2D eigenvalue weighted by molar-refractivity contribution is -0.120. The molecule has 0 spiro atoms. The van der Waals surface area contributed by atoms with Crippen LogP contribution in [-0.4, -0.2) is 40.6 Å². The number of nitrogens with one attached hydrogen (secondary N) is 1. The molecule has 160 valence electrons. The molecule has 1 aliphatic rings. The van der Waals surface area contributed by atoms with E-state index in [1.165, 1.54) is 10.6 Å². The van der Waals surface area contributed by atoms with Crippen LogP contribution in [0.5, 0.6) is 5.75 Å². The topological polar surface area (TPSA) is 89.3 Å². The number of ether oxygens (including phenoxy) is 1. The van der Waals surface area contributed by atoms with Crippen molar-refractivity contribution in [3.63, 3.8) is 0 Å². The molecule has 1 N–H and O–H groups in total. The second kappa shape index (κ2) is 8.99. The summed E-state index contributed by atoms with van der Waals surface area (Å²) in [7, 11) is 3.30. The fourth-order valence-corrected chi connectivity index (χ4v) is 3.80. The van der Waals surface area contributed by atoms with Crippen LogP contribution in [0, 0.1) is 5.92 Å². The van der Waals surface area contributed by atoms with Crippen molar-refractivity contribution in [2.45, 2.75) is 12.8 Å². The maximum Gasteiger partial charge on any atom is 0.255 e. The average molecular weight is 419 g/mol. The van der Waals surface area contributed by atoms with E-state index in [-0.39, 0.29) is 17.4 Å². The van der Waals surface area contributed by atoms with Gasteiger partial charge in [-0.3, -0.25) is 19.1 Å². The number of methoxy groups -OCH3 is 1. The van der Waals surface area contributed by atoms with Crippen molar-refractivity contribution in [1.82, 2.24) is 14.5 Å². The molecular formula is C23H25N5O3. The molecule has 1 unspecified atom stereocenters. The maximum absolute atomic E-state index is 12.9. The zero-order valence-electron chi connectivity index (χ0n) is 17.6. The first-order valence-electron chi connectivity index (χ1n) is 10.2. The number of aromatic nitrogens is 3. The number of hydrogen-bond acceptors (Lipinski definition) is 6. The van der Waals surface area contributed by atoms with Crippen LogP contribution in [0.25, 0.3) is 11.3 Å². The molecule has 1 aromatic carbocycles. The van der Waals surface area contributed by atoms with Crippen molar-refractivity contribution >= 4 is 17.5 Å². The molecule has 1 amide bonds. The Kier molecular flexibility index (Phi) is 5.97. The van der Waals surface area contributed by atoms with Gasteiger partial charge in [0.25, 0.3) is 5.56 Å². The summed E-state index contributed by atoms with van der Waals surface area (Å²) in [5.74, 6) is 1.00.